The predicted octanol–water partition coefficient (Wildman–Crippen LogP) is 1.54. The third kappa shape index (κ3) is 4.81. The number of carbonyl (C=O) groups excluding carboxylic acids is 2. The van der Waals surface area contributed by atoms with E-state index in [1.54, 1.807) is 29.2 Å². The predicted molar refractivity (Wildman–Crippen MR) is 105 cm³/mol. The number of nitrogens with one attached hydrogen (secondary N) is 3. The Labute approximate surface area is 161 Å². The lowest BCUT2D eigenvalue weighted by molar-refractivity contribution is -0.117. The Morgan fingerprint density at radius 2 is 1.89 bits per heavy atom. The third-order valence-corrected chi connectivity index (χ3v) is 3.77. The van der Waals surface area contributed by atoms with Gasteiger partial charge in [0.15, 0.2) is 0 Å². The van der Waals surface area contributed by atoms with Crippen molar-refractivity contribution < 1.29 is 9.59 Å². The Morgan fingerprint density at radius 3 is 2.54 bits per heavy atom. The molecule has 0 saturated carbocycles. The minimum Gasteiger partial charge on any atom is -0.368 e. The van der Waals surface area contributed by atoms with Gasteiger partial charge in [0.2, 0.25) is 11.9 Å². The SMILES string of the molecule is Cc1cnc(Nc2cnn(C)c2)nc1-c1ccc(NC(=O)NCC(N)=O)cc1. The summed E-state index contributed by atoms with van der Waals surface area (Å²) in [6.07, 6.45) is 5.25. The normalized spacial score (nSPS) is 10.4. The van der Waals surface area contributed by atoms with Gasteiger partial charge in [-0.15, -0.1) is 0 Å². The van der Waals surface area contributed by atoms with Gasteiger partial charge in [-0.05, 0) is 24.6 Å². The van der Waals surface area contributed by atoms with Crippen molar-refractivity contribution in [1.29, 1.82) is 0 Å². The molecule has 10 heteroatoms. The molecule has 0 aliphatic carbocycles. The summed E-state index contributed by atoms with van der Waals surface area (Å²) < 4.78 is 1.68. The number of hydrogen-bond acceptors (Lipinski definition) is 6. The number of carbonyl (C=O) groups is 2. The van der Waals surface area contributed by atoms with E-state index in [9.17, 15) is 9.59 Å². The largest absolute Gasteiger partial charge is 0.368 e. The standard InChI is InChI=1S/C18H20N8O2/c1-11-7-20-17(23-14-8-22-26(2)10-14)25-16(11)12-3-5-13(6-4-12)24-18(28)21-9-15(19)27/h3-8,10H,9H2,1-2H3,(H2,19,27)(H,20,23,25)(H2,21,24,28). The molecule has 10 nitrogen and oxygen atoms in total. The smallest absolute Gasteiger partial charge is 0.319 e. The van der Waals surface area contributed by atoms with Crippen LogP contribution in [-0.2, 0) is 11.8 Å². The zero-order valence-corrected chi connectivity index (χ0v) is 15.4. The maximum Gasteiger partial charge on any atom is 0.319 e. The zero-order valence-electron chi connectivity index (χ0n) is 15.4. The Morgan fingerprint density at radius 1 is 1.14 bits per heavy atom. The summed E-state index contributed by atoms with van der Waals surface area (Å²) >= 11 is 0. The molecular weight excluding hydrogens is 360 g/mol. The van der Waals surface area contributed by atoms with Crippen molar-refractivity contribution in [3.05, 3.63) is 48.4 Å². The van der Waals surface area contributed by atoms with Crippen LogP contribution >= 0.6 is 0 Å². The van der Waals surface area contributed by atoms with Crippen LogP contribution in [0.25, 0.3) is 11.3 Å². The lowest BCUT2D eigenvalue weighted by Crippen LogP contribution is -2.36. The molecular formula is C18H20N8O2. The molecule has 2 heterocycles. The Balaban J connectivity index is 1.73. The number of benzene rings is 1. The van der Waals surface area contributed by atoms with Crippen LogP contribution < -0.4 is 21.7 Å². The van der Waals surface area contributed by atoms with E-state index in [0.717, 1.165) is 22.5 Å². The summed E-state index contributed by atoms with van der Waals surface area (Å²) in [5.74, 6) is -0.151. The number of aryl methyl sites for hydroxylation is 2. The lowest BCUT2D eigenvalue weighted by Gasteiger charge is -2.10. The Bertz CT molecular complexity index is 997. The van der Waals surface area contributed by atoms with Crippen LogP contribution in [0, 0.1) is 6.92 Å². The van der Waals surface area contributed by atoms with E-state index in [-0.39, 0.29) is 6.54 Å². The van der Waals surface area contributed by atoms with Gasteiger partial charge in [-0.1, -0.05) is 12.1 Å². The molecule has 0 aliphatic heterocycles. The number of primary amides is 1. The first-order chi connectivity index (χ1) is 13.4. The molecule has 144 valence electrons. The molecule has 0 radical (unpaired) electrons. The minimum absolute atomic E-state index is 0.225. The van der Waals surface area contributed by atoms with Crippen LogP contribution in [0.3, 0.4) is 0 Å². The lowest BCUT2D eigenvalue weighted by atomic mass is 10.1. The molecule has 2 aromatic heterocycles. The van der Waals surface area contributed by atoms with Crippen LogP contribution in [0.2, 0.25) is 0 Å². The highest BCUT2D eigenvalue weighted by Gasteiger charge is 2.09. The molecule has 3 rings (SSSR count). The van der Waals surface area contributed by atoms with Gasteiger partial charge in [0, 0.05) is 30.7 Å². The summed E-state index contributed by atoms with van der Waals surface area (Å²) in [7, 11) is 1.83. The Hall–Kier alpha value is -3.95. The molecule has 28 heavy (non-hydrogen) atoms. The number of aromatic nitrogens is 4. The van der Waals surface area contributed by atoms with Crippen molar-refractivity contribution in [2.45, 2.75) is 6.92 Å². The summed E-state index contributed by atoms with van der Waals surface area (Å²) in [4.78, 5) is 31.2. The highest BCUT2D eigenvalue weighted by molar-refractivity contribution is 5.92. The van der Waals surface area contributed by atoms with Gasteiger partial charge in [-0.25, -0.2) is 14.8 Å². The summed E-state index contributed by atoms with van der Waals surface area (Å²) in [5.41, 5.74) is 8.91. The fourth-order valence-corrected chi connectivity index (χ4v) is 2.46. The molecule has 0 bridgehead atoms. The van der Waals surface area contributed by atoms with Crippen LogP contribution in [0.1, 0.15) is 5.56 Å². The van der Waals surface area contributed by atoms with Crippen LogP contribution in [-0.4, -0.2) is 38.2 Å². The fraction of sp³-hybridized carbons (Fsp3) is 0.167. The molecule has 5 N–H and O–H groups in total. The van der Waals surface area contributed by atoms with Crippen LogP contribution in [0.4, 0.5) is 22.1 Å². The van der Waals surface area contributed by atoms with E-state index in [1.807, 2.05) is 32.3 Å². The van der Waals surface area contributed by atoms with Crippen molar-refractivity contribution >= 4 is 29.3 Å². The first-order valence-corrected chi connectivity index (χ1v) is 8.43. The number of hydrogen-bond donors (Lipinski definition) is 4. The molecule has 3 amide bonds. The number of nitrogens with zero attached hydrogens (tertiary/aromatic N) is 4. The zero-order chi connectivity index (χ0) is 20.1. The van der Waals surface area contributed by atoms with Crippen molar-refractivity contribution in [3.8, 4) is 11.3 Å². The van der Waals surface area contributed by atoms with Gasteiger partial charge < -0.3 is 21.7 Å². The van der Waals surface area contributed by atoms with E-state index in [4.69, 9.17) is 5.73 Å². The highest BCUT2D eigenvalue weighted by Crippen LogP contribution is 2.24. The van der Waals surface area contributed by atoms with Gasteiger partial charge in [-0.2, -0.15) is 5.10 Å². The summed E-state index contributed by atoms with van der Waals surface area (Å²) in [6.45, 7) is 1.70. The summed E-state index contributed by atoms with van der Waals surface area (Å²) in [6, 6.07) is 6.66. The van der Waals surface area contributed by atoms with Crippen LogP contribution in [0.15, 0.2) is 42.9 Å². The van der Waals surface area contributed by atoms with Crippen molar-refractivity contribution in [2.75, 3.05) is 17.2 Å². The number of nitrogens with two attached hydrogens (primary N) is 1. The van der Waals surface area contributed by atoms with E-state index in [2.05, 4.69) is 31.0 Å². The second-order valence-electron chi connectivity index (χ2n) is 6.10. The van der Waals surface area contributed by atoms with Gasteiger partial charge in [-0.3, -0.25) is 9.48 Å². The molecule has 1 aromatic carbocycles. The number of anilines is 3. The molecule has 0 saturated heterocycles. The first kappa shape index (κ1) is 18.8. The van der Waals surface area contributed by atoms with Gasteiger partial charge in [0.1, 0.15) is 0 Å². The second-order valence-corrected chi connectivity index (χ2v) is 6.10. The Kier molecular flexibility index (Phi) is 5.49. The van der Waals surface area contributed by atoms with E-state index in [0.29, 0.717) is 11.6 Å². The van der Waals surface area contributed by atoms with Gasteiger partial charge >= 0.3 is 6.03 Å². The first-order valence-electron chi connectivity index (χ1n) is 8.43. The van der Waals surface area contributed by atoms with Crippen molar-refractivity contribution in [1.82, 2.24) is 25.1 Å². The molecule has 0 atom stereocenters. The number of rotatable bonds is 6. The quantitative estimate of drug-likeness (QED) is 0.511. The number of amides is 3. The molecule has 0 aliphatic rings. The van der Waals surface area contributed by atoms with Crippen molar-refractivity contribution in [3.63, 3.8) is 0 Å². The molecule has 0 fully saturated rings. The van der Waals surface area contributed by atoms with E-state index < -0.39 is 11.9 Å². The maximum atomic E-state index is 11.7. The fourth-order valence-electron chi connectivity index (χ4n) is 2.46. The van der Waals surface area contributed by atoms with Crippen molar-refractivity contribution in [2.24, 2.45) is 12.8 Å². The number of urea groups is 1. The average molecular weight is 380 g/mol. The second kappa shape index (κ2) is 8.16. The summed E-state index contributed by atoms with van der Waals surface area (Å²) in [5, 5.41) is 12.2. The molecule has 0 spiro atoms. The monoisotopic (exact) mass is 380 g/mol. The van der Waals surface area contributed by atoms with Gasteiger partial charge in [0.05, 0.1) is 24.1 Å². The van der Waals surface area contributed by atoms with Gasteiger partial charge in [0.25, 0.3) is 0 Å². The highest BCUT2D eigenvalue weighted by atomic mass is 16.2. The van der Waals surface area contributed by atoms with Crippen LogP contribution in [0.5, 0.6) is 0 Å². The topological polar surface area (TPSA) is 140 Å². The minimum atomic E-state index is -0.611. The van der Waals surface area contributed by atoms with E-state index in [1.165, 1.54) is 0 Å². The third-order valence-electron chi connectivity index (χ3n) is 3.77. The maximum absolute atomic E-state index is 11.7. The molecule has 3 aromatic rings. The average Bonchev–Trinajstić information content (AvgIpc) is 3.07. The molecule has 0 unspecified atom stereocenters. The van der Waals surface area contributed by atoms with E-state index >= 15 is 0 Å².